The average molecular weight is 212 g/mol. The lowest BCUT2D eigenvalue weighted by Crippen LogP contribution is -2.17. The third kappa shape index (κ3) is 2.47. The lowest BCUT2D eigenvalue weighted by atomic mass is 9.92. The first-order valence-corrected chi connectivity index (χ1v) is 5.66. The zero-order valence-corrected chi connectivity index (χ0v) is 10.4. The number of nitrogens with one attached hydrogen (secondary N) is 1. The minimum Gasteiger partial charge on any atom is -0.337 e. The fraction of sp³-hybridized carbons (Fsp3) is 0.727. The smallest absolute Gasteiger partial charge is 0.177 e. The van der Waals surface area contributed by atoms with E-state index in [0.29, 0.717) is 0 Å². The van der Waals surface area contributed by atoms with Gasteiger partial charge in [-0.2, -0.15) is 0 Å². The quantitative estimate of drug-likeness (QED) is 0.759. The van der Waals surface area contributed by atoms with Crippen molar-refractivity contribution in [2.24, 2.45) is 0 Å². The van der Waals surface area contributed by atoms with Crippen LogP contribution in [0.2, 0.25) is 0 Å². The minimum atomic E-state index is 0.168. The molecule has 80 valence electrons. The molecule has 1 rings (SSSR count). The summed E-state index contributed by atoms with van der Waals surface area (Å²) in [4.78, 5) is 3.13. The highest BCUT2D eigenvalue weighted by atomic mass is 32.1. The Balaban J connectivity index is 3.01. The Hall–Kier alpha value is -0.570. The van der Waals surface area contributed by atoms with Crippen molar-refractivity contribution in [1.29, 1.82) is 0 Å². The van der Waals surface area contributed by atoms with Gasteiger partial charge in [-0.25, -0.2) is 0 Å². The molecule has 0 saturated heterocycles. The Bertz CT molecular complexity index is 341. The van der Waals surface area contributed by atoms with Crippen molar-refractivity contribution in [3.63, 3.8) is 0 Å². The number of hydrogen-bond acceptors (Lipinski definition) is 1. The van der Waals surface area contributed by atoms with Crippen LogP contribution < -0.4 is 0 Å². The van der Waals surface area contributed by atoms with E-state index in [1.807, 2.05) is 6.20 Å². The molecule has 0 fully saturated rings. The molecule has 0 unspecified atom stereocenters. The van der Waals surface area contributed by atoms with Crippen LogP contribution in [0, 0.1) is 4.77 Å². The summed E-state index contributed by atoms with van der Waals surface area (Å²) in [7, 11) is 0. The molecule has 0 atom stereocenters. The van der Waals surface area contributed by atoms with Crippen LogP contribution in [0.5, 0.6) is 0 Å². The summed E-state index contributed by atoms with van der Waals surface area (Å²) in [5.74, 6) is 0. The summed E-state index contributed by atoms with van der Waals surface area (Å²) in [6.45, 7) is 9.88. The molecule has 1 aromatic heterocycles. The topological polar surface area (TPSA) is 20.7 Å². The molecule has 0 spiro atoms. The summed E-state index contributed by atoms with van der Waals surface area (Å²) in [5, 5.41) is 0. The first-order valence-electron chi connectivity index (χ1n) is 5.25. The van der Waals surface area contributed by atoms with Crippen LogP contribution in [0.3, 0.4) is 0 Å². The third-order valence-corrected chi connectivity index (χ3v) is 2.71. The van der Waals surface area contributed by atoms with Gasteiger partial charge in [-0.15, -0.1) is 0 Å². The molecule has 2 nitrogen and oxygen atoms in total. The van der Waals surface area contributed by atoms with Crippen molar-refractivity contribution in [2.45, 2.75) is 52.5 Å². The molecule has 14 heavy (non-hydrogen) atoms. The van der Waals surface area contributed by atoms with Gasteiger partial charge in [0.25, 0.3) is 0 Å². The molecule has 1 heterocycles. The molecule has 1 N–H and O–H groups in total. The maximum atomic E-state index is 5.26. The molecule has 3 heteroatoms. The number of unbranched alkanes of at least 4 members (excludes halogenated alkanes) is 1. The fourth-order valence-corrected chi connectivity index (χ4v) is 1.80. The average Bonchev–Trinajstić information content (AvgIpc) is 2.42. The Labute approximate surface area is 91.3 Å². The third-order valence-electron chi connectivity index (χ3n) is 2.37. The number of hydrogen-bond donors (Lipinski definition) is 1. The van der Waals surface area contributed by atoms with E-state index in [1.165, 1.54) is 18.5 Å². The van der Waals surface area contributed by atoms with Crippen LogP contribution in [-0.2, 0) is 12.0 Å². The molecular formula is C11H20N2S. The van der Waals surface area contributed by atoms with E-state index < -0.39 is 0 Å². The number of imidazole rings is 1. The number of aromatic amines is 1. The van der Waals surface area contributed by atoms with Gasteiger partial charge in [0.05, 0.1) is 0 Å². The highest BCUT2D eigenvalue weighted by molar-refractivity contribution is 7.71. The second-order valence-corrected chi connectivity index (χ2v) is 5.12. The summed E-state index contributed by atoms with van der Waals surface area (Å²) in [5.41, 5.74) is 1.47. The second-order valence-electron chi connectivity index (χ2n) is 4.73. The van der Waals surface area contributed by atoms with Crippen LogP contribution >= 0.6 is 12.2 Å². The molecule has 0 aliphatic heterocycles. The van der Waals surface area contributed by atoms with Gasteiger partial charge in [0.2, 0.25) is 0 Å². The van der Waals surface area contributed by atoms with Crippen molar-refractivity contribution in [2.75, 3.05) is 0 Å². The molecule has 0 saturated carbocycles. The van der Waals surface area contributed by atoms with Gasteiger partial charge in [0.15, 0.2) is 4.77 Å². The van der Waals surface area contributed by atoms with Crippen LogP contribution in [-0.4, -0.2) is 9.55 Å². The lowest BCUT2D eigenvalue weighted by molar-refractivity contribution is 0.502. The molecule has 0 aliphatic carbocycles. The summed E-state index contributed by atoms with van der Waals surface area (Å²) < 4.78 is 3.07. The summed E-state index contributed by atoms with van der Waals surface area (Å²) in [6, 6.07) is 0. The normalized spacial score (nSPS) is 12.0. The predicted molar refractivity (Wildman–Crippen MR) is 63.2 cm³/mol. The minimum absolute atomic E-state index is 0.168. The monoisotopic (exact) mass is 212 g/mol. The van der Waals surface area contributed by atoms with Crippen LogP contribution in [0.15, 0.2) is 6.20 Å². The zero-order valence-electron chi connectivity index (χ0n) is 9.55. The molecule has 0 bridgehead atoms. The van der Waals surface area contributed by atoms with E-state index in [4.69, 9.17) is 12.2 Å². The van der Waals surface area contributed by atoms with Crippen molar-refractivity contribution < 1.29 is 0 Å². The van der Waals surface area contributed by atoms with Crippen LogP contribution in [0.1, 0.15) is 46.2 Å². The Kier molecular flexibility index (Phi) is 3.53. The van der Waals surface area contributed by atoms with Gasteiger partial charge in [0.1, 0.15) is 0 Å². The van der Waals surface area contributed by atoms with Gasteiger partial charge in [-0.3, -0.25) is 0 Å². The van der Waals surface area contributed by atoms with Crippen molar-refractivity contribution >= 4 is 12.2 Å². The summed E-state index contributed by atoms with van der Waals surface area (Å²) in [6.07, 6.45) is 4.43. The lowest BCUT2D eigenvalue weighted by Gasteiger charge is -2.20. The van der Waals surface area contributed by atoms with E-state index in [2.05, 4.69) is 37.2 Å². The Morgan fingerprint density at radius 3 is 2.57 bits per heavy atom. The van der Waals surface area contributed by atoms with E-state index in [1.54, 1.807) is 0 Å². The number of nitrogens with zero attached hydrogens (tertiary/aromatic N) is 1. The number of rotatable bonds is 3. The van der Waals surface area contributed by atoms with E-state index >= 15 is 0 Å². The molecule has 0 aromatic carbocycles. The van der Waals surface area contributed by atoms with E-state index in [9.17, 15) is 0 Å². The highest BCUT2D eigenvalue weighted by Gasteiger charge is 2.18. The second kappa shape index (κ2) is 4.30. The van der Waals surface area contributed by atoms with Gasteiger partial charge in [-0.1, -0.05) is 34.1 Å². The first kappa shape index (κ1) is 11.5. The SMILES string of the molecule is CCCCn1c(C(C)(C)C)c[nH]c1=S. The number of H-pyrrole nitrogens is 1. The zero-order chi connectivity index (χ0) is 10.8. The summed E-state index contributed by atoms with van der Waals surface area (Å²) >= 11 is 5.26. The van der Waals surface area contributed by atoms with Crippen molar-refractivity contribution in [3.8, 4) is 0 Å². The van der Waals surface area contributed by atoms with Crippen LogP contribution in [0.4, 0.5) is 0 Å². The maximum Gasteiger partial charge on any atom is 0.177 e. The predicted octanol–water partition coefficient (Wildman–Crippen LogP) is 3.64. The standard InChI is InChI=1S/C11H20N2S/c1-5-6-7-13-9(11(2,3)4)8-12-10(13)14/h8H,5-7H2,1-4H3,(H,12,14). The van der Waals surface area contributed by atoms with Gasteiger partial charge < -0.3 is 9.55 Å². The van der Waals surface area contributed by atoms with Crippen molar-refractivity contribution in [3.05, 3.63) is 16.7 Å². The molecule has 0 radical (unpaired) electrons. The van der Waals surface area contributed by atoms with Gasteiger partial charge in [0, 0.05) is 23.9 Å². The van der Waals surface area contributed by atoms with Gasteiger partial charge in [-0.05, 0) is 18.6 Å². The number of aromatic nitrogens is 2. The van der Waals surface area contributed by atoms with Crippen LogP contribution in [0.25, 0.3) is 0 Å². The molecule has 0 amide bonds. The van der Waals surface area contributed by atoms with Crippen molar-refractivity contribution in [1.82, 2.24) is 9.55 Å². The maximum absolute atomic E-state index is 5.26. The molecule has 1 aromatic rings. The Morgan fingerprint density at radius 2 is 2.07 bits per heavy atom. The highest BCUT2D eigenvalue weighted by Crippen LogP contribution is 2.22. The largest absolute Gasteiger partial charge is 0.337 e. The first-order chi connectivity index (χ1) is 6.46. The fourth-order valence-electron chi connectivity index (χ4n) is 1.55. The van der Waals surface area contributed by atoms with Gasteiger partial charge >= 0.3 is 0 Å². The molecular weight excluding hydrogens is 192 g/mol. The Morgan fingerprint density at radius 1 is 1.43 bits per heavy atom. The van der Waals surface area contributed by atoms with E-state index in [-0.39, 0.29) is 5.41 Å². The van der Waals surface area contributed by atoms with E-state index in [0.717, 1.165) is 11.3 Å². The molecule has 0 aliphatic rings.